The van der Waals surface area contributed by atoms with Gasteiger partial charge in [0.2, 0.25) is 0 Å². The van der Waals surface area contributed by atoms with E-state index in [9.17, 15) is 18.4 Å². The normalized spacial score (nSPS) is 11.8. The third kappa shape index (κ3) is 4.65. The van der Waals surface area contributed by atoms with E-state index in [4.69, 9.17) is 16.7 Å². The summed E-state index contributed by atoms with van der Waals surface area (Å²) >= 11 is 5.62. The van der Waals surface area contributed by atoms with Crippen LogP contribution in [0.4, 0.5) is 19.3 Å². The van der Waals surface area contributed by atoms with Crippen LogP contribution in [-0.4, -0.2) is 23.1 Å². The topological polar surface area (TPSA) is 78.4 Å². The smallest absolute Gasteiger partial charge is 0.319 e. The Kier molecular flexibility index (Phi) is 5.69. The van der Waals surface area contributed by atoms with Crippen LogP contribution in [0.15, 0.2) is 12.1 Å². The maximum Gasteiger partial charge on any atom is 0.319 e. The zero-order chi connectivity index (χ0) is 15.3. The molecule has 0 aliphatic heterocycles. The Morgan fingerprint density at radius 3 is 2.55 bits per heavy atom. The van der Waals surface area contributed by atoms with Crippen molar-refractivity contribution in [1.29, 1.82) is 0 Å². The number of aliphatic carboxylic acids is 1. The highest BCUT2D eigenvalue weighted by Gasteiger charge is 2.17. The Morgan fingerprint density at radius 1 is 1.40 bits per heavy atom. The molecule has 1 rings (SSSR count). The molecule has 1 unspecified atom stereocenters. The standard InChI is InChI=1S/C12H13ClF2N2O3/c1-2-7(5-10(18)19)16-12(20)17-11-8(13)3-6(14)4-9(11)15/h3-4,7H,2,5H2,1H3,(H,18,19)(H2,16,17,20). The number of amides is 2. The maximum atomic E-state index is 13.4. The van der Waals surface area contributed by atoms with E-state index in [2.05, 4.69) is 10.6 Å². The summed E-state index contributed by atoms with van der Waals surface area (Å²) in [6, 6.07) is 0.0190. The van der Waals surface area contributed by atoms with Crippen molar-refractivity contribution in [3.63, 3.8) is 0 Å². The Balaban J connectivity index is 2.73. The van der Waals surface area contributed by atoms with Gasteiger partial charge in [0.15, 0.2) is 5.82 Å². The fraction of sp³-hybridized carbons (Fsp3) is 0.333. The summed E-state index contributed by atoms with van der Waals surface area (Å²) in [4.78, 5) is 22.2. The lowest BCUT2D eigenvalue weighted by Crippen LogP contribution is -2.39. The quantitative estimate of drug-likeness (QED) is 0.782. The number of carbonyl (C=O) groups is 2. The average molecular weight is 307 g/mol. The van der Waals surface area contributed by atoms with Crippen molar-refractivity contribution in [1.82, 2.24) is 5.32 Å². The van der Waals surface area contributed by atoms with E-state index in [1.54, 1.807) is 6.92 Å². The Bertz CT molecular complexity index is 502. The number of hydrogen-bond donors (Lipinski definition) is 3. The van der Waals surface area contributed by atoms with Crippen LogP contribution >= 0.6 is 11.6 Å². The summed E-state index contributed by atoms with van der Waals surface area (Å²) in [6.45, 7) is 1.69. The molecule has 0 spiro atoms. The number of carboxylic acids is 1. The van der Waals surface area contributed by atoms with Gasteiger partial charge in [-0.15, -0.1) is 0 Å². The van der Waals surface area contributed by atoms with Crippen molar-refractivity contribution < 1.29 is 23.5 Å². The fourth-order valence-electron chi connectivity index (χ4n) is 1.50. The van der Waals surface area contributed by atoms with E-state index in [0.717, 1.165) is 6.07 Å². The van der Waals surface area contributed by atoms with Gasteiger partial charge in [0.05, 0.1) is 17.1 Å². The molecule has 0 aromatic heterocycles. The van der Waals surface area contributed by atoms with E-state index in [0.29, 0.717) is 12.5 Å². The third-order valence-corrected chi connectivity index (χ3v) is 2.79. The second-order valence-corrected chi connectivity index (χ2v) is 4.45. The van der Waals surface area contributed by atoms with Crippen molar-refractivity contribution in [2.45, 2.75) is 25.8 Å². The molecule has 0 saturated carbocycles. The monoisotopic (exact) mass is 306 g/mol. The van der Waals surface area contributed by atoms with Crippen molar-refractivity contribution in [2.24, 2.45) is 0 Å². The predicted molar refractivity (Wildman–Crippen MR) is 69.9 cm³/mol. The van der Waals surface area contributed by atoms with E-state index in [1.807, 2.05) is 0 Å². The van der Waals surface area contributed by atoms with Crippen molar-refractivity contribution >= 4 is 29.3 Å². The molecule has 3 N–H and O–H groups in total. The molecule has 8 heteroatoms. The van der Waals surface area contributed by atoms with Gasteiger partial charge < -0.3 is 15.7 Å². The average Bonchev–Trinajstić information content (AvgIpc) is 2.32. The van der Waals surface area contributed by atoms with Crippen molar-refractivity contribution in [3.05, 3.63) is 28.8 Å². The summed E-state index contributed by atoms with van der Waals surface area (Å²) < 4.78 is 26.3. The number of carbonyl (C=O) groups excluding carboxylic acids is 1. The van der Waals surface area contributed by atoms with Gasteiger partial charge in [-0.25, -0.2) is 13.6 Å². The van der Waals surface area contributed by atoms with Gasteiger partial charge in [-0.1, -0.05) is 18.5 Å². The number of anilines is 1. The number of hydrogen-bond acceptors (Lipinski definition) is 2. The van der Waals surface area contributed by atoms with E-state index >= 15 is 0 Å². The molecule has 0 heterocycles. The zero-order valence-electron chi connectivity index (χ0n) is 10.5. The number of halogens is 3. The fourth-order valence-corrected chi connectivity index (χ4v) is 1.75. The minimum absolute atomic E-state index is 0.260. The Morgan fingerprint density at radius 2 is 2.05 bits per heavy atom. The van der Waals surface area contributed by atoms with Crippen LogP contribution in [-0.2, 0) is 4.79 Å². The largest absolute Gasteiger partial charge is 0.481 e. The minimum Gasteiger partial charge on any atom is -0.481 e. The molecule has 0 bridgehead atoms. The van der Waals surface area contributed by atoms with Crippen LogP contribution in [0, 0.1) is 11.6 Å². The summed E-state index contributed by atoms with van der Waals surface area (Å²) in [5.41, 5.74) is -0.365. The first-order valence-corrected chi connectivity index (χ1v) is 6.15. The zero-order valence-corrected chi connectivity index (χ0v) is 11.3. The molecular weight excluding hydrogens is 294 g/mol. The van der Waals surface area contributed by atoms with Gasteiger partial charge in [-0.2, -0.15) is 0 Å². The predicted octanol–water partition coefficient (Wildman–Crippen LogP) is 2.99. The summed E-state index contributed by atoms with van der Waals surface area (Å²) in [7, 11) is 0. The number of carboxylic acid groups (broad SMARTS) is 1. The first kappa shape index (κ1) is 16.2. The number of benzene rings is 1. The molecule has 1 aromatic rings. The molecule has 2 amide bonds. The van der Waals surface area contributed by atoms with Crippen LogP contribution in [0.1, 0.15) is 19.8 Å². The van der Waals surface area contributed by atoms with E-state index < -0.39 is 29.7 Å². The maximum absolute atomic E-state index is 13.4. The molecule has 5 nitrogen and oxygen atoms in total. The molecule has 0 aliphatic rings. The van der Waals surface area contributed by atoms with Gasteiger partial charge in [0, 0.05) is 12.1 Å². The molecule has 0 fully saturated rings. The van der Waals surface area contributed by atoms with Crippen LogP contribution in [0.3, 0.4) is 0 Å². The molecule has 20 heavy (non-hydrogen) atoms. The number of rotatable bonds is 5. The van der Waals surface area contributed by atoms with Crippen LogP contribution in [0.2, 0.25) is 5.02 Å². The van der Waals surface area contributed by atoms with Crippen molar-refractivity contribution in [3.8, 4) is 0 Å². The molecular formula is C12H13ClF2N2O3. The van der Waals surface area contributed by atoms with Gasteiger partial charge in [-0.3, -0.25) is 4.79 Å². The van der Waals surface area contributed by atoms with Crippen molar-refractivity contribution in [2.75, 3.05) is 5.32 Å². The second-order valence-electron chi connectivity index (χ2n) is 4.05. The lowest BCUT2D eigenvalue weighted by Gasteiger charge is -2.16. The summed E-state index contributed by atoms with van der Waals surface area (Å²) in [5, 5.41) is 12.8. The molecule has 1 atom stereocenters. The highest BCUT2D eigenvalue weighted by atomic mass is 35.5. The lowest BCUT2D eigenvalue weighted by molar-refractivity contribution is -0.137. The highest BCUT2D eigenvalue weighted by Crippen LogP contribution is 2.26. The molecule has 0 aliphatic carbocycles. The Labute approximate surface area is 118 Å². The first-order valence-electron chi connectivity index (χ1n) is 5.77. The third-order valence-electron chi connectivity index (χ3n) is 2.49. The summed E-state index contributed by atoms with van der Waals surface area (Å²) in [5.74, 6) is -2.95. The first-order chi connectivity index (χ1) is 9.33. The Hall–Kier alpha value is -1.89. The molecule has 1 aromatic carbocycles. The van der Waals surface area contributed by atoms with Crippen LogP contribution < -0.4 is 10.6 Å². The SMILES string of the molecule is CCC(CC(=O)O)NC(=O)Nc1c(F)cc(F)cc1Cl. The van der Waals surface area contributed by atoms with Gasteiger partial charge in [0.1, 0.15) is 5.82 Å². The number of urea groups is 1. The molecule has 0 saturated heterocycles. The van der Waals surface area contributed by atoms with Gasteiger partial charge in [-0.05, 0) is 12.5 Å². The second kappa shape index (κ2) is 7.04. The minimum atomic E-state index is -1.07. The molecule has 0 radical (unpaired) electrons. The van der Waals surface area contributed by atoms with Crippen LogP contribution in [0.5, 0.6) is 0 Å². The molecule has 110 valence electrons. The van der Waals surface area contributed by atoms with Crippen LogP contribution in [0.25, 0.3) is 0 Å². The van der Waals surface area contributed by atoms with E-state index in [1.165, 1.54) is 0 Å². The van der Waals surface area contributed by atoms with E-state index in [-0.39, 0.29) is 17.1 Å². The summed E-state index contributed by atoms with van der Waals surface area (Å²) in [6.07, 6.45) is 0.128. The highest BCUT2D eigenvalue weighted by molar-refractivity contribution is 6.33. The van der Waals surface area contributed by atoms with Gasteiger partial charge in [0.25, 0.3) is 0 Å². The number of nitrogens with one attached hydrogen (secondary N) is 2. The van der Waals surface area contributed by atoms with Gasteiger partial charge >= 0.3 is 12.0 Å². The lowest BCUT2D eigenvalue weighted by atomic mass is 10.1.